The maximum absolute atomic E-state index is 12.3. The number of aromatic nitrogens is 2. The number of benzene rings is 2. The quantitative estimate of drug-likeness (QED) is 0.607. The third-order valence-electron chi connectivity index (χ3n) is 3.84. The number of aryl methyl sites for hydroxylation is 1. The molecule has 28 heavy (non-hydrogen) atoms. The number of carbonyl (C=O) groups is 2. The average Bonchev–Trinajstić information content (AvgIpc) is 3.17. The van der Waals surface area contributed by atoms with Gasteiger partial charge in [-0.2, -0.15) is 0 Å². The van der Waals surface area contributed by atoms with Gasteiger partial charge in [-0.15, -0.1) is 22.0 Å². The third-order valence-corrected chi connectivity index (χ3v) is 5.88. The Balaban J connectivity index is 1.47. The number of hydrogen-bond acceptors (Lipinski definition) is 6. The zero-order chi connectivity index (χ0) is 19.9. The fourth-order valence-electron chi connectivity index (χ4n) is 2.29. The number of anilines is 2. The van der Waals surface area contributed by atoms with Crippen molar-refractivity contribution < 1.29 is 9.59 Å². The lowest BCUT2D eigenvalue weighted by atomic mass is 10.2. The Morgan fingerprint density at radius 2 is 1.75 bits per heavy atom. The van der Waals surface area contributed by atoms with Gasteiger partial charge in [0.25, 0.3) is 0 Å². The monoisotopic (exact) mass is 412 g/mol. The van der Waals surface area contributed by atoms with Crippen molar-refractivity contribution in [3.63, 3.8) is 0 Å². The summed E-state index contributed by atoms with van der Waals surface area (Å²) in [5.74, 6) is -0.159. The van der Waals surface area contributed by atoms with Crippen LogP contribution in [0.1, 0.15) is 12.5 Å². The van der Waals surface area contributed by atoms with Crippen molar-refractivity contribution in [3.8, 4) is 10.6 Å². The summed E-state index contributed by atoms with van der Waals surface area (Å²) in [6.07, 6.45) is 0. The Kier molecular flexibility index (Phi) is 6.78. The van der Waals surface area contributed by atoms with Crippen molar-refractivity contribution in [1.82, 2.24) is 10.2 Å². The van der Waals surface area contributed by atoms with E-state index in [1.54, 1.807) is 6.92 Å². The average molecular weight is 413 g/mol. The molecule has 0 saturated heterocycles. The van der Waals surface area contributed by atoms with Crippen LogP contribution in [0.2, 0.25) is 0 Å². The zero-order valence-electron chi connectivity index (χ0n) is 15.5. The van der Waals surface area contributed by atoms with Crippen LogP contribution >= 0.6 is 23.1 Å². The Bertz CT molecular complexity index is 942. The van der Waals surface area contributed by atoms with Gasteiger partial charge in [0, 0.05) is 11.3 Å². The third kappa shape index (κ3) is 5.64. The molecule has 1 atom stereocenters. The van der Waals surface area contributed by atoms with Crippen LogP contribution in [0, 0.1) is 6.92 Å². The molecule has 0 aliphatic carbocycles. The first-order valence-electron chi connectivity index (χ1n) is 8.69. The summed E-state index contributed by atoms with van der Waals surface area (Å²) in [6, 6.07) is 17.2. The Morgan fingerprint density at radius 1 is 1.04 bits per heavy atom. The molecule has 6 nitrogen and oxygen atoms in total. The van der Waals surface area contributed by atoms with Gasteiger partial charge in [0.1, 0.15) is 5.01 Å². The highest BCUT2D eigenvalue weighted by atomic mass is 32.2. The van der Waals surface area contributed by atoms with Crippen molar-refractivity contribution in [3.05, 3.63) is 60.2 Å². The first-order valence-corrected chi connectivity index (χ1v) is 10.6. The molecule has 1 unspecified atom stereocenters. The Morgan fingerprint density at radius 3 is 2.46 bits per heavy atom. The van der Waals surface area contributed by atoms with Crippen molar-refractivity contribution >= 4 is 45.7 Å². The molecule has 3 rings (SSSR count). The number of thioether (sulfide) groups is 1. The van der Waals surface area contributed by atoms with Crippen LogP contribution in [0.4, 0.5) is 10.8 Å². The van der Waals surface area contributed by atoms with E-state index in [4.69, 9.17) is 0 Å². The molecule has 3 aromatic rings. The highest BCUT2D eigenvalue weighted by Gasteiger charge is 2.17. The summed E-state index contributed by atoms with van der Waals surface area (Å²) >= 11 is 2.59. The lowest BCUT2D eigenvalue weighted by molar-refractivity contribution is -0.115. The minimum Gasteiger partial charge on any atom is -0.325 e. The van der Waals surface area contributed by atoms with E-state index in [-0.39, 0.29) is 17.6 Å². The van der Waals surface area contributed by atoms with Crippen LogP contribution in [0.25, 0.3) is 10.6 Å². The molecule has 0 fully saturated rings. The van der Waals surface area contributed by atoms with Gasteiger partial charge in [0.05, 0.1) is 11.0 Å². The maximum Gasteiger partial charge on any atom is 0.239 e. The van der Waals surface area contributed by atoms with Gasteiger partial charge in [0.2, 0.25) is 16.9 Å². The molecule has 2 amide bonds. The van der Waals surface area contributed by atoms with Gasteiger partial charge in [-0.1, -0.05) is 59.4 Å². The number of nitrogens with one attached hydrogen (secondary N) is 2. The summed E-state index contributed by atoms with van der Waals surface area (Å²) < 4.78 is 0. The van der Waals surface area contributed by atoms with Crippen LogP contribution in [0.3, 0.4) is 0 Å². The largest absolute Gasteiger partial charge is 0.325 e. The van der Waals surface area contributed by atoms with Crippen LogP contribution < -0.4 is 10.6 Å². The second-order valence-corrected chi connectivity index (χ2v) is 8.44. The smallest absolute Gasteiger partial charge is 0.239 e. The number of rotatable bonds is 7. The molecule has 0 aliphatic heterocycles. The van der Waals surface area contributed by atoms with Crippen molar-refractivity contribution in [2.75, 3.05) is 16.4 Å². The van der Waals surface area contributed by atoms with E-state index in [2.05, 4.69) is 20.8 Å². The van der Waals surface area contributed by atoms with Gasteiger partial charge >= 0.3 is 0 Å². The molecule has 144 valence electrons. The molecule has 0 bridgehead atoms. The van der Waals surface area contributed by atoms with Gasteiger partial charge in [-0.05, 0) is 26.0 Å². The van der Waals surface area contributed by atoms with Crippen LogP contribution in [0.15, 0.2) is 54.6 Å². The van der Waals surface area contributed by atoms with Crippen LogP contribution in [-0.4, -0.2) is 33.0 Å². The predicted molar refractivity (Wildman–Crippen MR) is 116 cm³/mol. The first kappa shape index (κ1) is 20.0. The fourth-order valence-corrected chi connectivity index (χ4v) is 3.72. The summed E-state index contributed by atoms with van der Waals surface area (Å²) in [5.41, 5.74) is 2.83. The molecule has 2 N–H and O–H groups in total. The van der Waals surface area contributed by atoms with Gasteiger partial charge in [-0.3, -0.25) is 14.9 Å². The second-order valence-electron chi connectivity index (χ2n) is 6.14. The van der Waals surface area contributed by atoms with E-state index < -0.39 is 5.25 Å². The summed E-state index contributed by atoms with van der Waals surface area (Å²) in [6.45, 7) is 3.75. The van der Waals surface area contributed by atoms with E-state index in [1.165, 1.54) is 23.1 Å². The summed E-state index contributed by atoms with van der Waals surface area (Å²) in [7, 11) is 0. The number of carbonyl (C=O) groups excluding carboxylic acids is 2. The van der Waals surface area contributed by atoms with Crippen LogP contribution in [-0.2, 0) is 9.59 Å². The Labute approximate surface area is 171 Å². The second kappa shape index (κ2) is 9.48. The molecule has 0 aliphatic rings. The fraction of sp³-hybridized carbons (Fsp3) is 0.200. The minimum absolute atomic E-state index is 0.143. The molecular weight excluding hydrogens is 392 g/mol. The zero-order valence-corrected chi connectivity index (χ0v) is 17.1. The minimum atomic E-state index is -0.396. The van der Waals surface area contributed by atoms with Crippen molar-refractivity contribution in [2.24, 2.45) is 0 Å². The van der Waals surface area contributed by atoms with Gasteiger partial charge in [-0.25, -0.2) is 0 Å². The molecule has 2 aromatic carbocycles. The van der Waals surface area contributed by atoms with Crippen molar-refractivity contribution in [2.45, 2.75) is 19.1 Å². The topological polar surface area (TPSA) is 84.0 Å². The highest BCUT2D eigenvalue weighted by Crippen LogP contribution is 2.26. The molecule has 0 radical (unpaired) electrons. The molecular formula is C20H20N4O2S2. The number of nitrogens with zero attached hydrogens (tertiary/aromatic N) is 2. The molecule has 1 heterocycles. The summed E-state index contributed by atoms with van der Waals surface area (Å²) in [5, 5.41) is 14.5. The first-order chi connectivity index (χ1) is 13.5. The SMILES string of the molecule is Cc1ccc(NC(=O)CSC(C)C(=O)Nc2nnc(-c3ccccc3)s2)cc1. The van der Waals surface area contributed by atoms with E-state index in [9.17, 15) is 9.59 Å². The lowest BCUT2D eigenvalue weighted by Gasteiger charge is -2.10. The van der Waals surface area contributed by atoms with Crippen LogP contribution in [0.5, 0.6) is 0 Å². The normalized spacial score (nSPS) is 11.6. The van der Waals surface area contributed by atoms with E-state index in [0.29, 0.717) is 5.13 Å². The van der Waals surface area contributed by atoms with E-state index in [0.717, 1.165) is 21.8 Å². The standard InChI is InChI=1S/C20H20N4O2S2/c1-13-8-10-16(11-9-13)21-17(25)12-27-14(2)18(26)22-20-24-23-19(28-20)15-6-4-3-5-7-15/h3-11,14H,12H2,1-2H3,(H,21,25)(H,22,24,26). The molecule has 0 spiro atoms. The van der Waals surface area contributed by atoms with Gasteiger partial charge in [0.15, 0.2) is 0 Å². The maximum atomic E-state index is 12.3. The highest BCUT2D eigenvalue weighted by molar-refractivity contribution is 8.01. The lowest BCUT2D eigenvalue weighted by Crippen LogP contribution is -2.25. The molecule has 8 heteroatoms. The number of amides is 2. The van der Waals surface area contributed by atoms with E-state index in [1.807, 2.05) is 61.5 Å². The van der Waals surface area contributed by atoms with Gasteiger partial charge < -0.3 is 5.32 Å². The molecule has 0 saturated carbocycles. The number of hydrogen-bond donors (Lipinski definition) is 2. The summed E-state index contributed by atoms with van der Waals surface area (Å²) in [4.78, 5) is 24.4. The van der Waals surface area contributed by atoms with E-state index >= 15 is 0 Å². The molecule has 1 aromatic heterocycles. The Hall–Kier alpha value is -2.71. The van der Waals surface area contributed by atoms with Crippen molar-refractivity contribution in [1.29, 1.82) is 0 Å². The predicted octanol–water partition coefficient (Wildman–Crippen LogP) is 4.21.